The molecule has 0 bridgehead atoms. The number of hydrogen-bond donors (Lipinski definition) is 0. The first kappa shape index (κ1) is 16.2. The van der Waals surface area contributed by atoms with Crippen molar-refractivity contribution in [1.29, 1.82) is 0 Å². The van der Waals surface area contributed by atoms with Crippen LogP contribution in [0.3, 0.4) is 0 Å². The number of carbonyl (C=O) groups excluding carboxylic acids is 1. The molecule has 7 heteroatoms. The third kappa shape index (κ3) is 3.28. The highest BCUT2D eigenvalue weighted by molar-refractivity contribution is 7.93. The van der Waals surface area contributed by atoms with Gasteiger partial charge in [0.1, 0.15) is 5.76 Å². The van der Waals surface area contributed by atoms with Crippen molar-refractivity contribution < 1.29 is 17.6 Å². The molecule has 0 N–H and O–H groups in total. The van der Waals surface area contributed by atoms with Crippen molar-refractivity contribution in [1.82, 2.24) is 4.90 Å². The summed E-state index contributed by atoms with van der Waals surface area (Å²) in [7, 11) is -3.25. The summed E-state index contributed by atoms with van der Waals surface area (Å²) in [6, 6.07) is 10.8. The Labute approximate surface area is 147 Å². The van der Waals surface area contributed by atoms with Crippen LogP contribution in [0.4, 0.5) is 5.69 Å². The second-order valence-electron chi connectivity index (χ2n) is 6.54. The first-order valence-electron chi connectivity index (χ1n) is 8.48. The van der Waals surface area contributed by atoms with E-state index >= 15 is 0 Å². The number of carbonyl (C=O) groups is 1. The molecule has 0 atom stereocenters. The van der Waals surface area contributed by atoms with E-state index in [9.17, 15) is 13.2 Å². The minimum atomic E-state index is -3.25. The molecule has 1 aromatic heterocycles. The van der Waals surface area contributed by atoms with Gasteiger partial charge < -0.3 is 9.32 Å². The summed E-state index contributed by atoms with van der Waals surface area (Å²) >= 11 is 0. The van der Waals surface area contributed by atoms with Crippen molar-refractivity contribution in [3.63, 3.8) is 0 Å². The van der Waals surface area contributed by atoms with E-state index in [2.05, 4.69) is 0 Å². The molecule has 4 rings (SSSR count). The standard InChI is InChI=1S/C18H20N2O4S/c21-18(19(15-7-8-15)13-17-6-2-10-24-17)14-4-1-5-16(12-14)20-9-3-11-25(20,22)23/h1-2,4-6,10,12,15H,3,7-9,11,13H2. The van der Waals surface area contributed by atoms with Crippen LogP contribution in [0, 0.1) is 0 Å². The van der Waals surface area contributed by atoms with Crippen LogP contribution in [-0.4, -0.2) is 37.6 Å². The molecular formula is C18H20N2O4S. The lowest BCUT2D eigenvalue weighted by molar-refractivity contribution is 0.0717. The van der Waals surface area contributed by atoms with E-state index in [1.165, 1.54) is 4.31 Å². The molecule has 1 saturated carbocycles. The van der Waals surface area contributed by atoms with Crippen LogP contribution < -0.4 is 4.31 Å². The van der Waals surface area contributed by atoms with E-state index < -0.39 is 10.0 Å². The number of amides is 1. The molecule has 1 aliphatic heterocycles. The fraction of sp³-hybridized carbons (Fsp3) is 0.389. The van der Waals surface area contributed by atoms with Crippen molar-refractivity contribution in [2.24, 2.45) is 0 Å². The van der Waals surface area contributed by atoms with Crippen LogP contribution in [0.5, 0.6) is 0 Å². The number of rotatable bonds is 5. The zero-order valence-electron chi connectivity index (χ0n) is 13.8. The maximum absolute atomic E-state index is 13.0. The number of benzene rings is 1. The van der Waals surface area contributed by atoms with E-state index in [0.717, 1.165) is 18.6 Å². The maximum Gasteiger partial charge on any atom is 0.254 e. The lowest BCUT2D eigenvalue weighted by Gasteiger charge is -2.23. The molecule has 1 saturated heterocycles. The van der Waals surface area contributed by atoms with Crippen LogP contribution in [0.2, 0.25) is 0 Å². The molecule has 25 heavy (non-hydrogen) atoms. The molecule has 0 unspecified atom stereocenters. The predicted octanol–water partition coefficient (Wildman–Crippen LogP) is 2.62. The molecule has 1 aromatic carbocycles. The lowest BCUT2D eigenvalue weighted by Crippen LogP contribution is -2.32. The van der Waals surface area contributed by atoms with Gasteiger partial charge in [-0.05, 0) is 49.6 Å². The van der Waals surface area contributed by atoms with Gasteiger partial charge in [-0.15, -0.1) is 0 Å². The number of hydrogen-bond acceptors (Lipinski definition) is 4. The summed E-state index contributed by atoms with van der Waals surface area (Å²) in [6.07, 6.45) is 4.20. The number of furan rings is 1. The van der Waals surface area contributed by atoms with Crippen molar-refractivity contribution in [3.05, 3.63) is 54.0 Å². The maximum atomic E-state index is 13.0. The smallest absolute Gasteiger partial charge is 0.254 e. The number of sulfonamides is 1. The monoisotopic (exact) mass is 360 g/mol. The fourth-order valence-corrected chi connectivity index (χ4v) is 4.77. The molecule has 6 nitrogen and oxygen atoms in total. The average molecular weight is 360 g/mol. The molecular weight excluding hydrogens is 340 g/mol. The summed E-state index contributed by atoms with van der Waals surface area (Å²) in [5, 5.41) is 0. The lowest BCUT2D eigenvalue weighted by atomic mass is 10.1. The quantitative estimate of drug-likeness (QED) is 0.822. The van der Waals surface area contributed by atoms with Gasteiger partial charge in [-0.3, -0.25) is 9.10 Å². The summed E-state index contributed by atoms with van der Waals surface area (Å²) in [5.74, 6) is 0.827. The third-order valence-corrected chi connectivity index (χ3v) is 6.50. The van der Waals surface area contributed by atoms with Crippen LogP contribution in [0.1, 0.15) is 35.4 Å². The minimum absolute atomic E-state index is 0.0858. The Morgan fingerprint density at radius 2 is 2.08 bits per heavy atom. The summed E-state index contributed by atoms with van der Waals surface area (Å²) in [6.45, 7) is 0.904. The van der Waals surface area contributed by atoms with E-state index in [4.69, 9.17) is 4.42 Å². The number of nitrogens with zero attached hydrogens (tertiary/aromatic N) is 2. The van der Waals surface area contributed by atoms with Gasteiger partial charge >= 0.3 is 0 Å². The molecule has 0 spiro atoms. The van der Waals surface area contributed by atoms with E-state index in [1.54, 1.807) is 30.5 Å². The van der Waals surface area contributed by atoms with Gasteiger partial charge in [-0.2, -0.15) is 0 Å². The average Bonchev–Trinajstić information content (AvgIpc) is 3.19. The van der Waals surface area contributed by atoms with Crippen LogP contribution in [0.15, 0.2) is 47.1 Å². The molecule has 0 radical (unpaired) electrons. The predicted molar refractivity (Wildman–Crippen MR) is 93.8 cm³/mol. The molecule has 2 aromatic rings. The zero-order chi connectivity index (χ0) is 17.4. The first-order chi connectivity index (χ1) is 12.0. The normalized spacial score (nSPS) is 19.1. The van der Waals surface area contributed by atoms with Gasteiger partial charge in [-0.1, -0.05) is 6.07 Å². The van der Waals surface area contributed by atoms with Gasteiger partial charge in [0, 0.05) is 18.2 Å². The highest BCUT2D eigenvalue weighted by Gasteiger charge is 2.34. The van der Waals surface area contributed by atoms with Crippen molar-refractivity contribution in [2.45, 2.75) is 31.8 Å². The Bertz CT molecular complexity index is 872. The highest BCUT2D eigenvalue weighted by atomic mass is 32.2. The second kappa shape index (κ2) is 6.22. The van der Waals surface area contributed by atoms with Crippen LogP contribution in [0.25, 0.3) is 0 Å². The van der Waals surface area contributed by atoms with Crippen LogP contribution in [-0.2, 0) is 16.6 Å². The van der Waals surface area contributed by atoms with Crippen LogP contribution >= 0.6 is 0 Å². The first-order valence-corrected chi connectivity index (χ1v) is 10.1. The fourth-order valence-electron chi connectivity index (χ4n) is 3.21. The molecule has 2 heterocycles. The van der Waals surface area contributed by atoms with Gasteiger partial charge in [-0.25, -0.2) is 8.42 Å². The van der Waals surface area contributed by atoms with Gasteiger partial charge in [0.25, 0.3) is 5.91 Å². The topological polar surface area (TPSA) is 70.8 Å². The molecule has 2 aliphatic rings. The van der Waals surface area contributed by atoms with E-state index in [0.29, 0.717) is 30.8 Å². The second-order valence-corrected chi connectivity index (χ2v) is 8.55. The SMILES string of the molecule is O=C(c1cccc(N2CCCS2(=O)=O)c1)N(Cc1ccco1)C1CC1. The summed E-state index contributed by atoms with van der Waals surface area (Å²) in [4.78, 5) is 14.8. The number of anilines is 1. The van der Waals surface area contributed by atoms with Gasteiger partial charge in [0.15, 0.2) is 0 Å². The molecule has 1 aliphatic carbocycles. The van der Waals surface area contributed by atoms with Crippen molar-refractivity contribution >= 4 is 21.6 Å². The summed E-state index contributed by atoms with van der Waals surface area (Å²) in [5.41, 5.74) is 1.08. The molecule has 132 valence electrons. The molecule has 2 fully saturated rings. The largest absolute Gasteiger partial charge is 0.467 e. The third-order valence-electron chi connectivity index (χ3n) is 4.64. The Hall–Kier alpha value is -2.28. The van der Waals surface area contributed by atoms with Crippen molar-refractivity contribution in [3.8, 4) is 0 Å². The highest BCUT2D eigenvalue weighted by Crippen LogP contribution is 2.31. The van der Waals surface area contributed by atoms with E-state index in [1.807, 2.05) is 17.0 Å². The van der Waals surface area contributed by atoms with E-state index in [-0.39, 0.29) is 17.7 Å². The van der Waals surface area contributed by atoms with Crippen molar-refractivity contribution in [2.75, 3.05) is 16.6 Å². The Morgan fingerprint density at radius 3 is 2.72 bits per heavy atom. The Morgan fingerprint density at radius 1 is 1.24 bits per heavy atom. The zero-order valence-corrected chi connectivity index (χ0v) is 14.6. The minimum Gasteiger partial charge on any atom is -0.467 e. The van der Waals surface area contributed by atoms with Gasteiger partial charge in [0.05, 0.1) is 24.2 Å². The van der Waals surface area contributed by atoms with Gasteiger partial charge in [0.2, 0.25) is 10.0 Å². The summed E-state index contributed by atoms with van der Waals surface area (Å²) < 4.78 is 31.0. The Kier molecular flexibility index (Phi) is 4.03. The molecule has 1 amide bonds. The Balaban J connectivity index is 1.60.